The van der Waals surface area contributed by atoms with E-state index in [1.54, 1.807) is 56.6 Å². The molecule has 0 fully saturated rings. The van der Waals surface area contributed by atoms with Crippen molar-refractivity contribution in [1.82, 2.24) is 9.62 Å². The van der Waals surface area contributed by atoms with Crippen LogP contribution in [0.1, 0.15) is 27.0 Å². The molecule has 0 bridgehead atoms. The maximum Gasteiger partial charge on any atom is 0.253 e. The van der Waals surface area contributed by atoms with Gasteiger partial charge in [-0.05, 0) is 61.4 Å². The molecule has 2 rings (SSSR count). The fourth-order valence-electron chi connectivity index (χ4n) is 2.20. The lowest BCUT2D eigenvalue weighted by atomic mass is 10.1. The number of carbonyl (C=O) groups excluding carboxylic acids is 1. The summed E-state index contributed by atoms with van der Waals surface area (Å²) >= 11 is 0. The molecule has 0 unspecified atom stereocenters. The van der Waals surface area contributed by atoms with Gasteiger partial charge in [0.25, 0.3) is 5.91 Å². The third-order valence-corrected chi connectivity index (χ3v) is 5.31. The minimum absolute atomic E-state index is 0.00758. The molecular formula is C20H22N2O3S. The molecule has 2 aromatic rings. The highest BCUT2D eigenvalue weighted by Crippen LogP contribution is 2.14. The Morgan fingerprint density at radius 1 is 1.04 bits per heavy atom. The monoisotopic (exact) mass is 370 g/mol. The lowest BCUT2D eigenvalue weighted by molar-refractivity contribution is 0.0827. The van der Waals surface area contributed by atoms with Crippen molar-refractivity contribution in [3.05, 3.63) is 64.7 Å². The van der Waals surface area contributed by atoms with E-state index in [1.165, 1.54) is 4.90 Å². The molecular weight excluding hydrogens is 348 g/mol. The van der Waals surface area contributed by atoms with Crippen LogP contribution in [0.3, 0.4) is 0 Å². The Morgan fingerprint density at radius 3 is 2.27 bits per heavy atom. The van der Waals surface area contributed by atoms with E-state index in [0.717, 1.165) is 11.1 Å². The molecule has 0 aliphatic heterocycles. The van der Waals surface area contributed by atoms with Crippen molar-refractivity contribution >= 4 is 15.9 Å². The number of rotatable bonds is 4. The van der Waals surface area contributed by atoms with Crippen LogP contribution in [0.15, 0.2) is 47.4 Å². The Morgan fingerprint density at radius 2 is 1.69 bits per heavy atom. The Labute approximate surface area is 155 Å². The van der Waals surface area contributed by atoms with Gasteiger partial charge in [-0.15, -0.1) is 0 Å². The van der Waals surface area contributed by atoms with Gasteiger partial charge in [0.05, 0.1) is 11.4 Å². The van der Waals surface area contributed by atoms with Crippen LogP contribution < -0.4 is 4.72 Å². The number of nitrogens with zero attached hydrogens (tertiary/aromatic N) is 1. The minimum Gasteiger partial charge on any atom is -0.345 e. The van der Waals surface area contributed by atoms with Crippen molar-refractivity contribution in [2.24, 2.45) is 0 Å². The largest absolute Gasteiger partial charge is 0.345 e. The normalized spacial score (nSPS) is 10.8. The van der Waals surface area contributed by atoms with E-state index >= 15 is 0 Å². The van der Waals surface area contributed by atoms with E-state index in [2.05, 4.69) is 16.6 Å². The highest BCUT2D eigenvalue weighted by Gasteiger charge is 2.13. The van der Waals surface area contributed by atoms with Crippen LogP contribution in [0.5, 0.6) is 0 Å². The summed E-state index contributed by atoms with van der Waals surface area (Å²) in [6.45, 7) is 3.81. The smallest absolute Gasteiger partial charge is 0.253 e. The van der Waals surface area contributed by atoms with E-state index in [4.69, 9.17) is 0 Å². The van der Waals surface area contributed by atoms with Gasteiger partial charge in [-0.1, -0.05) is 17.9 Å². The summed E-state index contributed by atoms with van der Waals surface area (Å²) in [5.41, 5.74) is 3.26. The minimum atomic E-state index is -3.58. The topological polar surface area (TPSA) is 66.5 Å². The molecule has 6 heteroatoms. The Balaban J connectivity index is 2.01. The van der Waals surface area contributed by atoms with Crippen molar-refractivity contribution in [2.45, 2.75) is 18.7 Å². The highest BCUT2D eigenvalue weighted by molar-refractivity contribution is 7.89. The molecule has 0 radical (unpaired) electrons. The molecule has 136 valence electrons. The molecule has 0 aliphatic carbocycles. The van der Waals surface area contributed by atoms with Gasteiger partial charge in [-0.25, -0.2) is 8.42 Å². The first-order valence-electron chi connectivity index (χ1n) is 8.08. The van der Waals surface area contributed by atoms with Gasteiger partial charge < -0.3 is 4.90 Å². The zero-order chi connectivity index (χ0) is 19.3. The molecule has 0 aromatic heterocycles. The predicted octanol–water partition coefficient (Wildman–Crippen LogP) is 2.34. The van der Waals surface area contributed by atoms with Gasteiger partial charge in [0.1, 0.15) is 0 Å². The van der Waals surface area contributed by atoms with Gasteiger partial charge in [-0.3, -0.25) is 4.79 Å². The lowest BCUT2D eigenvalue weighted by Gasteiger charge is -2.09. The Bertz CT molecular complexity index is 966. The van der Waals surface area contributed by atoms with Gasteiger partial charge in [-0.2, -0.15) is 4.72 Å². The molecule has 5 nitrogen and oxygen atoms in total. The van der Waals surface area contributed by atoms with Gasteiger partial charge in [0.15, 0.2) is 0 Å². The van der Waals surface area contributed by atoms with Crippen LogP contribution in [-0.4, -0.2) is 39.9 Å². The van der Waals surface area contributed by atoms with Gasteiger partial charge in [0.2, 0.25) is 10.0 Å². The first-order chi connectivity index (χ1) is 12.2. The molecule has 26 heavy (non-hydrogen) atoms. The second-order valence-corrected chi connectivity index (χ2v) is 7.92. The van der Waals surface area contributed by atoms with Gasteiger partial charge >= 0.3 is 0 Å². The Kier molecular flexibility index (Phi) is 6.19. The van der Waals surface area contributed by atoms with Crippen molar-refractivity contribution < 1.29 is 13.2 Å². The fourth-order valence-corrected chi connectivity index (χ4v) is 3.20. The number of aryl methyl sites for hydroxylation is 2. The average Bonchev–Trinajstić information content (AvgIpc) is 2.60. The predicted molar refractivity (Wildman–Crippen MR) is 102 cm³/mol. The SMILES string of the molecule is Cc1ccc(S(=O)(=O)NCC#Cc2ccc(C(=O)N(C)C)cc2)cc1C. The molecule has 1 N–H and O–H groups in total. The van der Waals surface area contributed by atoms with Gasteiger partial charge in [0, 0.05) is 25.2 Å². The molecule has 0 aliphatic rings. The number of carbonyl (C=O) groups is 1. The van der Waals surface area contributed by atoms with Crippen LogP contribution in [-0.2, 0) is 10.0 Å². The van der Waals surface area contributed by atoms with Crippen molar-refractivity contribution in [2.75, 3.05) is 20.6 Å². The summed E-state index contributed by atoms with van der Waals surface area (Å²) in [5.74, 6) is 5.59. The zero-order valence-electron chi connectivity index (χ0n) is 15.3. The molecule has 0 atom stereocenters. The lowest BCUT2D eigenvalue weighted by Crippen LogP contribution is -2.24. The maximum absolute atomic E-state index is 12.3. The van der Waals surface area contributed by atoms with Crippen molar-refractivity contribution in [1.29, 1.82) is 0 Å². The number of hydrogen-bond acceptors (Lipinski definition) is 3. The summed E-state index contributed by atoms with van der Waals surface area (Å²) in [4.78, 5) is 13.6. The van der Waals surface area contributed by atoms with Crippen molar-refractivity contribution in [3.8, 4) is 11.8 Å². The Hall–Kier alpha value is -2.62. The first-order valence-corrected chi connectivity index (χ1v) is 9.56. The van der Waals surface area contributed by atoms with Crippen LogP contribution >= 0.6 is 0 Å². The second-order valence-electron chi connectivity index (χ2n) is 6.15. The van der Waals surface area contributed by atoms with E-state index in [9.17, 15) is 13.2 Å². The number of benzene rings is 2. The molecule has 2 aromatic carbocycles. The van der Waals surface area contributed by atoms with Crippen LogP contribution in [0.25, 0.3) is 0 Å². The molecule has 1 amide bonds. The van der Waals surface area contributed by atoms with E-state index in [0.29, 0.717) is 11.1 Å². The fraction of sp³-hybridized carbons (Fsp3) is 0.250. The number of nitrogens with one attached hydrogen (secondary N) is 1. The highest BCUT2D eigenvalue weighted by atomic mass is 32.2. The first kappa shape index (κ1) is 19.7. The third kappa shape index (κ3) is 4.94. The molecule has 0 spiro atoms. The standard InChI is InChI=1S/C20H22N2O3S/c1-15-7-12-19(14-16(15)2)26(24,25)21-13-5-6-17-8-10-18(11-9-17)20(23)22(3)4/h7-12,14,21H,13H2,1-4H3. The third-order valence-electron chi connectivity index (χ3n) is 3.91. The molecule has 0 saturated carbocycles. The quantitative estimate of drug-likeness (QED) is 0.840. The summed E-state index contributed by atoms with van der Waals surface area (Å²) < 4.78 is 27.0. The van der Waals surface area contributed by atoms with E-state index in [-0.39, 0.29) is 17.3 Å². The van der Waals surface area contributed by atoms with Crippen LogP contribution in [0.4, 0.5) is 0 Å². The van der Waals surface area contributed by atoms with Crippen molar-refractivity contribution in [3.63, 3.8) is 0 Å². The van der Waals surface area contributed by atoms with E-state index in [1.807, 2.05) is 13.8 Å². The number of sulfonamides is 1. The zero-order valence-corrected chi connectivity index (χ0v) is 16.1. The second kappa shape index (κ2) is 8.17. The molecule has 0 heterocycles. The number of hydrogen-bond donors (Lipinski definition) is 1. The number of amides is 1. The molecule has 0 saturated heterocycles. The van der Waals surface area contributed by atoms with Crippen LogP contribution in [0.2, 0.25) is 0 Å². The average molecular weight is 370 g/mol. The van der Waals surface area contributed by atoms with E-state index < -0.39 is 10.0 Å². The summed E-state index contributed by atoms with van der Waals surface area (Å²) in [6.07, 6.45) is 0. The van der Waals surface area contributed by atoms with Crippen LogP contribution in [0, 0.1) is 25.7 Å². The summed E-state index contributed by atoms with van der Waals surface area (Å²) in [5, 5.41) is 0. The maximum atomic E-state index is 12.3. The summed E-state index contributed by atoms with van der Waals surface area (Å²) in [6, 6.07) is 11.9. The summed E-state index contributed by atoms with van der Waals surface area (Å²) in [7, 11) is -0.200.